The Balaban J connectivity index is 0.864. The molecule has 0 aromatic heterocycles. The van der Waals surface area contributed by atoms with Gasteiger partial charge in [0.1, 0.15) is 0 Å². The van der Waals surface area contributed by atoms with E-state index in [2.05, 4.69) is 36.5 Å². The van der Waals surface area contributed by atoms with Crippen molar-refractivity contribution in [2.45, 2.75) is 57.5 Å². The van der Waals surface area contributed by atoms with Gasteiger partial charge < -0.3 is 13.6 Å². The number of hydrogen-bond acceptors (Lipinski definition) is 3. The molecule has 19 atom stereocenters. The molecule has 0 amide bonds. The van der Waals surface area contributed by atoms with E-state index in [-0.39, 0.29) is 0 Å². The highest BCUT2D eigenvalue weighted by Gasteiger charge is 2.64. The quantitative estimate of drug-likeness (QED) is 0.182. The van der Waals surface area contributed by atoms with Gasteiger partial charge in [0.15, 0.2) is 0 Å². The molecule has 38 heavy (non-hydrogen) atoms. The molecule has 10 bridgehead atoms. The highest BCUT2D eigenvalue weighted by Crippen LogP contribution is 2.70. The smallest absolute Gasteiger partial charge is 0.316 e. The molecule has 204 valence electrons. The Morgan fingerprint density at radius 1 is 0.632 bits per heavy atom. The molecule has 0 spiro atoms. The molecule has 7 saturated carbocycles. The zero-order valence-corrected chi connectivity index (χ0v) is 23.8. The van der Waals surface area contributed by atoms with Crippen molar-refractivity contribution in [3.63, 3.8) is 0 Å². The van der Waals surface area contributed by atoms with Crippen molar-refractivity contribution in [2.24, 2.45) is 101 Å². The van der Waals surface area contributed by atoms with E-state index in [1.165, 1.54) is 51.4 Å². The third-order valence-corrected chi connectivity index (χ3v) is 15.7. The van der Waals surface area contributed by atoms with Crippen molar-refractivity contribution >= 4 is 8.60 Å². The Bertz CT molecular complexity index is 1080. The summed E-state index contributed by atoms with van der Waals surface area (Å²) in [6.45, 7) is 0.865. The van der Waals surface area contributed by atoms with Crippen LogP contribution in [0, 0.1) is 101 Å². The van der Waals surface area contributed by atoms with Crippen molar-refractivity contribution in [3.8, 4) is 0 Å². The van der Waals surface area contributed by atoms with E-state index >= 15 is 0 Å². The monoisotopic (exact) mass is 532 g/mol. The Kier molecular flexibility index (Phi) is 5.05. The molecule has 7 fully saturated rings. The average Bonchev–Trinajstić information content (AvgIpc) is 3.80. The third kappa shape index (κ3) is 3.07. The number of allylic oxidation sites excluding steroid dienone is 6. The van der Waals surface area contributed by atoms with Gasteiger partial charge in [-0.3, -0.25) is 0 Å². The summed E-state index contributed by atoms with van der Waals surface area (Å²) in [6.07, 6.45) is 27.0. The van der Waals surface area contributed by atoms with E-state index in [0.717, 1.165) is 101 Å². The molecule has 10 aliphatic rings. The summed E-state index contributed by atoms with van der Waals surface area (Å²) in [5.74, 6) is 14.8. The second-order valence-corrected chi connectivity index (χ2v) is 16.9. The van der Waals surface area contributed by atoms with Crippen LogP contribution in [0.5, 0.6) is 0 Å². The maximum absolute atomic E-state index is 7.13. The van der Waals surface area contributed by atoms with Gasteiger partial charge in [-0.2, -0.15) is 0 Å². The molecule has 0 aromatic carbocycles. The first-order valence-corrected chi connectivity index (χ1v) is 17.5. The Labute approximate surface area is 230 Å². The van der Waals surface area contributed by atoms with Crippen LogP contribution in [0.2, 0.25) is 0 Å². The van der Waals surface area contributed by atoms with Gasteiger partial charge in [-0.15, -0.1) is 0 Å². The molecule has 0 aromatic rings. The van der Waals surface area contributed by atoms with Gasteiger partial charge in [0.05, 0.1) is 12.7 Å². The molecule has 19 unspecified atom stereocenters. The van der Waals surface area contributed by atoms with Crippen LogP contribution in [0.15, 0.2) is 36.5 Å². The van der Waals surface area contributed by atoms with Crippen LogP contribution in [0.25, 0.3) is 0 Å². The molecule has 0 aliphatic heterocycles. The summed E-state index contributed by atoms with van der Waals surface area (Å²) < 4.78 is 19.9. The fraction of sp³-hybridized carbons (Fsp3) is 0.824. The molecule has 0 heterocycles. The predicted molar refractivity (Wildman–Crippen MR) is 148 cm³/mol. The minimum absolute atomic E-state index is 0.334. The van der Waals surface area contributed by atoms with E-state index in [4.69, 9.17) is 13.6 Å². The van der Waals surface area contributed by atoms with Gasteiger partial charge in [0.25, 0.3) is 0 Å². The van der Waals surface area contributed by atoms with E-state index in [1.807, 2.05) is 7.11 Å². The molecule has 10 aliphatic carbocycles. The molecule has 4 heteroatoms. The largest absolute Gasteiger partial charge is 0.332 e. The molecular weight excluding hydrogens is 487 g/mol. The van der Waals surface area contributed by atoms with Gasteiger partial charge in [-0.05, 0) is 152 Å². The highest BCUT2D eigenvalue weighted by atomic mass is 31.2. The van der Waals surface area contributed by atoms with Gasteiger partial charge in [0, 0.05) is 7.11 Å². The summed E-state index contributed by atoms with van der Waals surface area (Å²) in [5, 5.41) is 0. The maximum Gasteiger partial charge on any atom is 0.332 e. The van der Waals surface area contributed by atoms with E-state index in [1.54, 1.807) is 0 Å². The zero-order valence-electron chi connectivity index (χ0n) is 22.9. The van der Waals surface area contributed by atoms with Gasteiger partial charge in [0.2, 0.25) is 0 Å². The molecule has 0 N–H and O–H groups in total. The Morgan fingerprint density at radius 3 is 1.97 bits per heavy atom. The molecule has 3 nitrogen and oxygen atoms in total. The second kappa shape index (κ2) is 8.30. The van der Waals surface area contributed by atoms with Crippen LogP contribution in [0.3, 0.4) is 0 Å². The topological polar surface area (TPSA) is 27.7 Å². The van der Waals surface area contributed by atoms with Crippen LogP contribution in [0.4, 0.5) is 0 Å². The minimum Gasteiger partial charge on any atom is -0.316 e. The second-order valence-electron chi connectivity index (χ2n) is 15.6. The Morgan fingerprint density at radius 2 is 1.29 bits per heavy atom. The van der Waals surface area contributed by atoms with Gasteiger partial charge in [-0.25, -0.2) is 0 Å². The minimum atomic E-state index is -1.27. The van der Waals surface area contributed by atoms with E-state index < -0.39 is 8.60 Å². The lowest BCUT2D eigenvalue weighted by Crippen LogP contribution is -2.41. The van der Waals surface area contributed by atoms with Crippen LogP contribution >= 0.6 is 8.60 Å². The van der Waals surface area contributed by atoms with E-state index in [9.17, 15) is 0 Å². The SMILES string of the molecule is COP(OCC1CC2CC1C1C3C=CC(C3)C21)OC(C1CC2C=CC1C2)C1CC2CC1C1C3C=CC(C3)C21. The summed E-state index contributed by atoms with van der Waals surface area (Å²) in [4.78, 5) is 0. The molecular formula is C34H45O3P. The summed E-state index contributed by atoms with van der Waals surface area (Å²) in [6, 6.07) is 0. The van der Waals surface area contributed by atoms with Crippen molar-refractivity contribution in [2.75, 3.05) is 13.7 Å². The van der Waals surface area contributed by atoms with Crippen LogP contribution in [-0.4, -0.2) is 19.8 Å². The summed E-state index contributed by atoms with van der Waals surface area (Å²) in [5.41, 5.74) is 0. The highest BCUT2D eigenvalue weighted by molar-refractivity contribution is 7.41. The lowest BCUT2D eigenvalue weighted by atomic mass is 9.66. The lowest BCUT2D eigenvalue weighted by molar-refractivity contribution is -0.0101. The normalized spacial score (nSPS) is 60.1. The van der Waals surface area contributed by atoms with Crippen LogP contribution < -0.4 is 0 Å². The average molecular weight is 533 g/mol. The first-order chi connectivity index (χ1) is 18.7. The number of fused-ring (bicyclic) bond motifs is 20. The summed E-state index contributed by atoms with van der Waals surface area (Å²) >= 11 is 0. The van der Waals surface area contributed by atoms with Gasteiger partial charge in [-0.1, -0.05) is 36.5 Å². The maximum atomic E-state index is 7.13. The van der Waals surface area contributed by atoms with Crippen molar-refractivity contribution in [3.05, 3.63) is 36.5 Å². The molecule has 0 saturated heterocycles. The van der Waals surface area contributed by atoms with Gasteiger partial charge >= 0.3 is 8.60 Å². The van der Waals surface area contributed by atoms with Crippen molar-refractivity contribution in [1.29, 1.82) is 0 Å². The Hall–Kier alpha value is -0.470. The first-order valence-electron chi connectivity index (χ1n) is 16.4. The fourth-order valence-electron chi connectivity index (χ4n) is 13.8. The number of rotatable bonds is 8. The van der Waals surface area contributed by atoms with Crippen LogP contribution in [-0.2, 0) is 13.6 Å². The summed E-state index contributed by atoms with van der Waals surface area (Å²) in [7, 11) is 0.580. The van der Waals surface area contributed by atoms with E-state index in [0.29, 0.717) is 12.0 Å². The van der Waals surface area contributed by atoms with Crippen molar-refractivity contribution in [1.82, 2.24) is 0 Å². The first kappa shape index (κ1) is 23.1. The molecule has 0 radical (unpaired) electrons. The fourth-order valence-corrected chi connectivity index (χ4v) is 14.9. The molecule has 10 rings (SSSR count). The zero-order chi connectivity index (χ0) is 24.7. The third-order valence-electron chi connectivity index (χ3n) is 14.7. The van der Waals surface area contributed by atoms with Crippen LogP contribution in [0.1, 0.15) is 51.4 Å². The number of hydrogen-bond donors (Lipinski definition) is 0. The predicted octanol–water partition coefficient (Wildman–Crippen LogP) is 7.66. The standard InChI is InChI=1S/C34H45O3P/c1-35-38(36-16-25-12-23-13-26(25)32-21-6-4-19(10-21)30(23)32)37-34(27-9-17-2-3-18(27)8-17)29-15-24-14-28(29)33-22-7-5-20(11-22)31(24)33/h2-7,17-34H,8-16H2,1H3. The lowest BCUT2D eigenvalue weighted by Gasteiger charge is -2.43. The van der Waals surface area contributed by atoms with Crippen molar-refractivity contribution < 1.29 is 13.6 Å².